The van der Waals surface area contributed by atoms with E-state index >= 15 is 0 Å². The quantitative estimate of drug-likeness (QED) is 0.202. The highest BCUT2D eigenvalue weighted by molar-refractivity contribution is 7.26. The summed E-state index contributed by atoms with van der Waals surface area (Å²) in [5.74, 6) is 0. The first-order chi connectivity index (χ1) is 20.8. The predicted octanol–water partition coefficient (Wildman–Crippen LogP) is 11.6. The van der Waals surface area contributed by atoms with Gasteiger partial charge in [0.25, 0.3) is 0 Å². The molecule has 0 unspecified atom stereocenters. The summed E-state index contributed by atoms with van der Waals surface area (Å²) in [6.45, 7) is 0. The van der Waals surface area contributed by atoms with Crippen molar-refractivity contribution in [3.63, 3.8) is 0 Å². The number of benzene rings is 7. The van der Waals surface area contributed by atoms with Gasteiger partial charge in [-0.1, -0.05) is 103 Å². The van der Waals surface area contributed by atoms with E-state index in [0.29, 0.717) is 0 Å². The lowest BCUT2D eigenvalue weighted by molar-refractivity contribution is 1.18. The first-order valence-corrected chi connectivity index (χ1v) is 15.3. The van der Waals surface area contributed by atoms with Gasteiger partial charge in [0.1, 0.15) is 0 Å². The highest BCUT2D eigenvalue weighted by atomic mass is 32.1. The molecule has 0 aliphatic heterocycles. The van der Waals surface area contributed by atoms with Crippen molar-refractivity contribution in [1.82, 2.24) is 4.57 Å². The van der Waals surface area contributed by atoms with Crippen LogP contribution in [0.25, 0.3) is 91.8 Å². The molecule has 2 heteroatoms. The number of thiophene rings is 1. The summed E-state index contributed by atoms with van der Waals surface area (Å²) in [6, 6.07) is 51.6. The van der Waals surface area contributed by atoms with Gasteiger partial charge in [0.15, 0.2) is 0 Å². The van der Waals surface area contributed by atoms with Gasteiger partial charge in [-0.25, -0.2) is 0 Å². The first kappa shape index (κ1) is 22.5. The number of hydrogen-bond acceptors (Lipinski definition) is 1. The molecule has 1 aliphatic rings. The van der Waals surface area contributed by atoms with E-state index in [1.54, 1.807) is 0 Å². The summed E-state index contributed by atoms with van der Waals surface area (Å²) in [5, 5.41) is 8.03. The average Bonchev–Trinajstić information content (AvgIpc) is 3.70. The summed E-state index contributed by atoms with van der Waals surface area (Å²) in [5.41, 5.74) is 11.5. The monoisotopic (exact) mass is 549 g/mol. The van der Waals surface area contributed by atoms with Crippen LogP contribution in [0.5, 0.6) is 0 Å². The van der Waals surface area contributed by atoms with Crippen LogP contribution in [-0.4, -0.2) is 4.57 Å². The van der Waals surface area contributed by atoms with Gasteiger partial charge >= 0.3 is 0 Å². The minimum Gasteiger partial charge on any atom is -0.309 e. The van der Waals surface area contributed by atoms with Crippen LogP contribution in [0.1, 0.15) is 0 Å². The SMILES string of the molecule is c1cc(-c2ccc3c4c(cccc24)-c2ccccc2-3)cc(-n2c3ccccc3c3c4c(ccc32)sc2ccccc24)c1. The van der Waals surface area contributed by atoms with Crippen molar-refractivity contribution >= 4 is 64.1 Å². The van der Waals surface area contributed by atoms with Gasteiger partial charge < -0.3 is 4.57 Å². The Bertz CT molecular complexity index is 2550. The molecule has 0 radical (unpaired) electrons. The van der Waals surface area contributed by atoms with Gasteiger partial charge in [-0.2, -0.15) is 0 Å². The first-order valence-electron chi connectivity index (χ1n) is 14.4. The second kappa shape index (κ2) is 8.19. The largest absolute Gasteiger partial charge is 0.309 e. The van der Waals surface area contributed by atoms with Gasteiger partial charge in [0.2, 0.25) is 0 Å². The van der Waals surface area contributed by atoms with E-state index in [1.165, 1.54) is 91.8 Å². The fourth-order valence-electron chi connectivity index (χ4n) is 7.43. The Kier molecular flexibility index (Phi) is 4.39. The van der Waals surface area contributed by atoms with Crippen molar-refractivity contribution in [2.45, 2.75) is 0 Å². The molecule has 10 rings (SSSR count). The van der Waals surface area contributed by atoms with Gasteiger partial charge in [-0.3, -0.25) is 0 Å². The normalized spacial score (nSPS) is 12.3. The minimum absolute atomic E-state index is 1.18. The maximum atomic E-state index is 2.45. The van der Waals surface area contributed by atoms with Crippen LogP contribution in [0.3, 0.4) is 0 Å². The molecule has 0 bridgehead atoms. The lowest BCUT2D eigenvalue weighted by Crippen LogP contribution is -1.94. The van der Waals surface area contributed by atoms with E-state index in [-0.39, 0.29) is 0 Å². The molecular weight excluding hydrogens is 527 g/mol. The van der Waals surface area contributed by atoms with E-state index in [9.17, 15) is 0 Å². The number of rotatable bonds is 2. The van der Waals surface area contributed by atoms with E-state index in [2.05, 4.69) is 144 Å². The Morgan fingerprint density at radius 2 is 1.07 bits per heavy atom. The molecule has 0 fully saturated rings. The molecule has 0 saturated carbocycles. The summed E-state index contributed by atoms with van der Waals surface area (Å²) in [7, 11) is 0. The summed E-state index contributed by atoms with van der Waals surface area (Å²) in [6.07, 6.45) is 0. The van der Waals surface area contributed by atoms with Crippen molar-refractivity contribution in [3.8, 4) is 39.1 Å². The molecule has 0 N–H and O–H groups in total. The number of fused-ring (bicyclic) bond motifs is 10. The summed E-state index contributed by atoms with van der Waals surface area (Å²) in [4.78, 5) is 0. The van der Waals surface area contributed by atoms with Crippen LogP contribution in [0.2, 0.25) is 0 Å². The zero-order valence-corrected chi connectivity index (χ0v) is 23.5. The Hall–Kier alpha value is -5.18. The molecule has 2 heterocycles. The van der Waals surface area contributed by atoms with Crippen LogP contribution in [0.15, 0.2) is 140 Å². The Morgan fingerprint density at radius 1 is 0.381 bits per heavy atom. The zero-order valence-electron chi connectivity index (χ0n) is 22.6. The number of hydrogen-bond donors (Lipinski definition) is 0. The van der Waals surface area contributed by atoms with Gasteiger partial charge in [-0.15, -0.1) is 11.3 Å². The molecule has 0 atom stereocenters. The number of para-hydroxylation sites is 1. The topological polar surface area (TPSA) is 4.93 Å². The molecule has 1 aliphatic carbocycles. The Balaban J connectivity index is 1.24. The van der Waals surface area contributed by atoms with Gasteiger partial charge in [-0.05, 0) is 80.6 Å². The number of nitrogens with zero attached hydrogens (tertiary/aromatic N) is 1. The molecule has 9 aromatic rings. The van der Waals surface area contributed by atoms with Crippen LogP contribution < -0.4 is 0 Å². The van der Waals surface area contributed by atoms with Gasteiger partial charge in [0, 0.05) is 36.6 Å². The van der Waals surface area contributed by atoms with Crippen molar-refractivity contribution in [2.75, 3.05) is 0 Å². The third-order valence-corrected chi connectivity index (χ3v) is 10.3. The van der Waals surface area contributed by atoms with E-state index in [4.69, 9.17) is 0 Å². The maximum Gasteiger partial charge on any atom is 0.0548 e. The average molecular weight is 550 g/mol. The van der Waals surface area contributed by atoms with Crippen LogP contribution in [0.4, 0.5) is 0 Å². The Labute approximate surface area is 246 Å². The molecule has 0 saturated heterocycles. The van der Waals surface area contributed by atoms with Crippen LogP contribution in [-0.2, 0) is 0 Å². The van der Waals surface area contributed by atoms with Crippen molar-refractivity contribution in [3.05, 3.63) is 140 Å². The van der Waals surface area contributed by atoms with Crippen molar-refractivity contribution in [1.29, 1.82) is 0 Å². The second-order valence-corrected chi connectivity index (χ2v) is 12.4. The second-order valence-electron chi connectivity index (χ2n) is 11.3. The van der Waals surface area contributed by atoms with E-state index in [0.717, 1.165) is 0 Å². The van der Waals surface area contributed by atoms with Crippen LogP contribution in [0, 0.1) is 0 Å². The lowest BCUT2D eigenvalue weighted by atomic mass is 9.94. The standard InChI is InChI=1S/C40H23NS/c1-2-12-28-27(11-1)30-16-8-15-29-26(19-20-31(28)38(29)30)24-9-7-10-25(23-24)41-34-17-5-3-13-32(34)39-35(41)21-22-37-40(39)33-14-4-6-18-36(33)42-37/h1-23H. The fourth-order valence-corrected chi connectivity index (χ4v) is 8.54. The molecule has 1 nitrogen and oxygen atoms in total. The van der Waals surface area contributed by atoms with Gasteiger partial charge in [0.05, 0.1) is 11.0 Å². The summed E-state index contributed by atoms with van der Waals surface area (Å²) >= 11 is 1.88. The highest BCUT2D eigenvalue weighted by Crippen LogP contribution is 2.49. The van der Waals surface area contributed by atoms with Crippen LogP contribution >= 0.6 is 11.3 Å². The maximum absolute atomic E-state index is 2.45. The molecule has 7 aromatic carbocycles. The molecule has 0 spiro atoms. The molecule has 2 aromatic heterocycles. The minimum atomic E-state index is 1.18. The third kappa shape index (κ3) is 2.87. The third-order valence-electron chi connectivity index (χ3n) is 9.14. The van der Waals surface area contributed by atoms with E-state index in [1.807, 2.05) is 11.3 Å². The zero-order chi connectivity index (χ0) is 27.4. The fraction of sp³-hybridized carbons (Fsp3) is 0. The molecular formula is C40H23NS. The highest BCUT2D eigenvalue weighted by Gasteiger charge is 2.23. The Morgan fingerprint density at radius 3 is 1.98 bits per heavy atom. The predicted molar refractivity (Wildman–Crippen MR) is 181 cm³/mol. The molecule has 42 heavy (non-hydrogen) atoms. The lowest BCUT2D eigenvalue weighted by Gasteiger charge is -2.13. The number of aromatic nitrogens is 1. The van der Waals surface area contributed by atoms with Crippen molar-refractivity contribution < 1.29 is 0 Å². The summed E-state index contributed by atoms with van der Waals surface area (Å²) < 4.78 is 5.14. The molecule has 0 amide bonds. The van der Waals surface area contributed by atoms with E-state index < -0.39 is 0 Å². The smallest absolute Gasteiger partial charge is 0.0548 e. The van der Waals surface area contributed by atoms with Crippen molar-refractivity contribution in [2.24, 2.45) is 0 Å². The molecule has 194 valence electrons.